The van der Waals surface area contributed by atoms with Gasteiger partial charge in [-0.2, -0.15) is 0 Å². The Labute approximate surface area is 51.7 Å². The predicted octanol–water partition coefficient (Wildman–Crippen LogP) is 0.486. The van der Waals surface area contributed by atoms with Gasteiger partial charge >= 0.3 is 5.97 Å². The van der Waals surface area contributed by atoms with Gasteiger partial charge in [-0.25, -0.2) is 0 Å². The lowest BCUT2D eigenvalue weighted by Crippen LogP contribution is -2.10. The first-order chi connectivity index (χ1) is 3.72. The maximum absolute atomic E-state index is 10.2. The third-order valence-corrected chi connectivity index (χ3v) is 3.25. The Bertz CT molecular complexity index is 78.5. The van der Waals surface area contributed by atoms with E-state index < -0.39 is 5.97 Å². The number of rotatable bonds is 3. The highest BCUT2D eigenvalue weighted by molar-refractivity contribution is 6.41. The van der Waals surface area contributed by atoms with Crippen molar-refractivity contribution in [2.24, 2.45) is 0 Å². The number of carboxylic acid groups (broad SMARTS) is 1. The quantitative estimate of drug-likeness (QED) is 0.567. The molecule has 0 fully saturated rings. The van der Waals surface area contributed by atoms with Crippen molar-refractivity contribution >= 4 is 15.5 Å². The van der Waals surface area contributed by atoms with E-state index in [1.54, 1.807) is 0 Å². The summed E-state index contributed by atoms with van der Waals surface area (Å²) in [6.07, 6.45) is 0.804. The summed E-state index contributed by atoms with van der Waals surface area (Å²) >= 11 is 0. The normalized spacial score (nSPS) is 14.8. The molecule has 0 aromatic rings. The van der Waals surface area contributed by atoms with Gasteiger partial charge in [0.1, 0.15) is 0 Å². The average molecular weight is 132 g/mol. The van der Waals surface area contributed by atoms with Crippen LogP contribution in [0.3, 0.4) is 0 Å². The monoisotopic (exact) mass is 132 g/mol. The van der Waals surface area contributed by atoms with Gasteiger partial charge in [0.15, 0.2) is 0 Å². The second kappa shape index (κ2) is 3.66. The summed E-state index contributed by atoms with van der Waals surface area (Å²) in [4.78, 5) is 10.2. The van der Waals surface area contributed by atoms with E-state index in [1.807, 2.05) is 13.5 Å². The molecule has 0 aromatic heterocycles. The Morgan fingerprint density at radius 2 is 2.38 bits per heavy atom. The molecule has 0 saturated carbocycles. The van der Waals surface area contributed by atoms with Gasteiger partial charge in [0.05, 0.1) is 0 Å². The van der Waals surface area contributed by atoms with E-state index in [-0.39, 0.29) is 15.1 Å². The molecule has 0 aromatic carbocycles. The molecule has 0 spiro atoms. The highest BCUT2D eigenvalue weighted by Gasteiger charge is 2.10. The number of carbonyl (C=O) groups is 1. The van der Waals surface area contributed by atoms with Gasteiger partial charge in [0.2, 0.25) is 0 Å². The van der Waals surface area contributed by atoms with Gasteiger partial charge in [-0.3, -0.25) is 4.79 Å². The summed E-state index contributed by atoms with van der Waals surface area (Å²) in [5.41, 5.74) is 0.00926. The maximum atomic E-state index is 10.2. The minimum Gasteiger partial charge on any atom is -0.481 e. The molecule has 1 unspecified atom stereocenters. The van der Waals surface area contributed by atoms with Crippen LogP contribution in [0.2, 0.25) is 12.1 Å². The standard InChI is InChI=1S/C5H12O2Si/c1-3-4(8-2)5(6)7/h4H,3,8H2,1-2H3,(H,6,7). The SMILES string of the molecule is CCC([SiH2]C)C(=O)O. The molecule has 1 N–H and O–H groups in total. The van der Waals surface area contributed by atoms with E-state index in [0.717, 1.165) is 6.42 Å². The third kappa shape index (κ3) is 2.11. The zero-order chi connectivity index (χ0) is 6.57. The zero-order valence-electron chi connectivity index (χ0n) is 5.35. The molecule has 48 valence electrons. The molecule has 0 aliphatic carbocycles. The van der Waals surface area contributed by atoms with Crippen LogP contribution in [0.1, 0.15) is 13.3 Å². The fraction of sp³-hybridized carbons (Fsp3) is 0.800. The van der Waals surface area contributed by atoms with Gasteiger partial charge in [-0.15, -0.1) is 0 Å². The second-order valence-corrected chi connectivity index (χ2v) is 3.65. The molecule has 0 bridgehead atoms. The minimum atomic E-state index is -0.610. The van der Waals surface area contributed by atoms with Crippen molar-refractivity contribution in [3.63, 3.8) is 0 Å². The maximum Gasteiger partial charge on any atom is 0.303 e. The van der Waals surface area contributed by atoms with E-state index in [0.29, 0.717) is 0 Å². The highest BCUT2D eigenvalue weighted by atomic mass is 28.2. The molecule has 8 heavy (non-hydrogen) atoms. The van der Waals surface area contributed by atoms with E-state index in [2.05, 4.69) is 0 Å². The van der Waals surface area contributed by atoms with Gasteiger partial charge < -0.3 is 5.11 Å². The molecule has 2 nitrogen and oxygen atoms in total. The summed E-state index contributed by atoms with van der Waals surface area (Å²) in [5.74, 6) is -0.610. The summed E-state index contributed by atoms with van der Waals surface area (Å²) in [6.45, 7) is 3.96. The first kappa shape index (κ1) is 7.69. The van der Waals surface area contributed by atoms with Crippen molar-refractivity contribution in [3.05, 3.63) is 0 Å². The van der Waals surface area contributed by atoms with Crippen LogP contribution in [0.4, 0.5) is 0 Å². The summed E-state index contributed by atoms with van der Waals surface area (Å²) < 4.78 is 0. The molecule has 3 heteroatoms. The Balaban J connectivity index is 3.52. The number of hydrogen-bond acceptors (Lipinski definition) is 1. The summed E-state index contributed by atoms with van der Waals surface area (Å²) in [7, 11) is -0.319. The van der Waals surface area contributed by atoms with Gasteiger partial charge in [0, 0.05) is 15.1 Å². The minimum absolute atomic E-state index is 0.00926. The topological polar surface area (TPSA) is 37.3 Å². The smallest absolute Gasteiger partial charge is 0.303 e. The summed E-state index contributed by atoms with van der Waals surface area (Å²) in [5, 5.41) is 8.41. The van der Waals surface area contributed by atoms with Gasteiger partial charge in [-0.1, -0.05) is 13.5 Å². The molecular weight excluding hydrogens is 120 g/mol. The van der Waals surface area contributed by atoms with Crippen LogP contribution in [0.25, 0.3) is 0 Å². The second-order valence-electron chi connectivity index (χ2n) is 1.85. The van der Waals surface area contributed by atoms with Crippen LogP contribution >= 0.6 is 0 Å². The number of carboxylic acids is 1. The summed E-state index contributed by atoms with van der Waals surface area (Å²) in [6, 6.07) is 0. The van der Waals surface area contributed by atoms with Gasteiger partial charge in [0.25, 0.3) is 0 Å². The van der Waals surface area contributed by atoms with Crippen LogP contribution < -0.4 is 0 Å². The lowest BCUT2D eigenvalue weighted by Gasteiger charge is -2.02. The molecule has 0 radical (unpaired) electrons. The van der Waals surface area contributed by atoms with Gasteiger partial charge in [-0.05, 0) is 6.42 Å². The van der Waals surface area contributed by atoms with Crippen molar-refractivity contribution in [1.82, 2.24) is 0 Å². The van der Waals surface area contributed by atoms with Crippen LogP contribution in [-0.2, 0) is 4.79 Å². The Morgan fingerprint density at radius 1 is 1.88 bits per heavy atom. The number of hydrogen-bond donors (Lipinski definition) is 1. The Kier molecular flexibility index (Phi) is 3.52. The van der Waals surface area contributed by atoms with Crippen molar-refractivity contribution in [3.8, 4) is 0 Å². The van der Waals surface area contributed by atoms with Crippen molar-refractivity contribution < 1.29 is 9.90 Å². The van der Waals surface area contributed by atoms with Crippen molar-refractivity contribution in [2.45, 2.75) is 25.4 Å². The first-order valence-electron chi connectivity index (χ1n) is 2.95. The largest absolute Gasteiger partial charge is 0.481 e. The molecule has 0 amide bonds. The predicted molar refractivity (Wildman–Crippen MR) is 36.1 cm³/mol. The fourth-order valence-corrected chi connectivity index (χ4v) is 1.56. The fourth-order valence-electron chi connectivity index (χ4n) is 0.638. The molecule has 0 aliphatic rings. The van der Waals surface area contributed by atoms with Crippen LogP contribution in [0.15, 0.2) is 0 Å². The Hall–Kier alpha value is -0.313. The molecular formula is C5H12O2Si. The molecule has 0 heterocycles. The average Bonchev–Trinajstić information content (AvgIpc) is 1.69. The van der Waals surface area contributed by atoms with E-state index >= 15 is 0 Å². The van der Waals surface area contributed by atoms with Crippen LogP contribution in [-0.4, -0.2) is 20.6 Å². The third-order valence-electron chi connectivity index (χ3n) is 1.33. The highest BCUT2D eigenvalue weighted by Crippen LogP contribution is 2.06. The van der Waals surface area contributed by atoms with E-state index in [4.69, 9.17) is 5.11 Å². The molecule has 0 rings (SSSR count). The molecule has 0 aliphatic heterocycles. The Morgan fingerprint density at radius 3 is 2.38 bits per heavy atom. The van der Waals surface area contributed by atoms with E-state index in [9.17, 15) is 4.79 Å². The van der Waals surface area contributed by atoms with E-state index in [1.165, 1.54) is 0 Å². The van der Waals surface area contributed by atoms with Crippen molar-refractivity contribution in [1.29, 1.82) is 0 Å². The zero-order valence-corrected chi connectivity index (χ0v) is 6.76. The first-order valence-corrected chi connectivity index (χ1v) is 5.18. The van der Waals surface area contributed by atoms with Crippen molar-refractivity contribution in [2.75, 3.05) is 0 Å². The number of aliphatic carboxylic acids is 1. The van der Waals surface area contributed by atoms with Crippen LogP contribution in [0.5, 0.6) is 0 Å². The molecule has 1 atom stereocenters. The van der Waals surface area contributed by atoms with Crippen LogP contribution in [0, 0.1) is 0 Å². The lowest BCUT2D eigenvalue weighted by atomic mass is 10.3. The lowest BCUT2D eigenvalue weighted by molar-refractivity contribution is -0.136. The molecule has 0 saturated heterocycles.